The van der Waals surface area contributed by atoms with E-state index in [0.29, 0.717) is 11.9 Å². The topological polar surface area (TPSA) is 71.4 Å². The van der Waals surface area contributed by atoms with E-state index < -0.39 is 0 Å². The van der Waals surface area contributed by atoms with Gasteiger partial charge >= 0.3 is 0 Å². The lowest BCUT2D eigenvalue weighted by molar-refractivity contribution is 0.214. The minimum Gasteiger partial charge on any atom is -0.361 e. The van der Waals surface area contributed by atoms with Crippen LogP contribution in [-0.2, 0) is 19.5 Å². The molecule has 120 valence electrons. The second kappa shape index (κ2) is 6.58. The molecule has 1 unspecified atom stereocenters. The van der Waals surface area contributed by atoms with Crippen molar-refractivity contribution in [1.82, 2.24) is 25.1 Å². The summed E-state index contributed by atoms with van der Waals surface area (Å²) in [5.74, 6) is 2.34. The standard InChI is InChI=1S/C15H23N5O2/c1-4-15-16-14(18-22-15)10-19(3)13-5-6-20(9-13)8-12-7-11(2)21-17-12/h7,13H,4-6,8-10H2,1-3H3. The zero-order chi connectivity index (χ0) is 15.5. The summed E-state index contributed by atoms with van der Waals surface area (Å²) in [6.45, 7) is 7.62. The average Bonchev–Trinajstić information content (AvgIpc) is 3.21. The Morgan fingerprint density at radius 3 is 2.91 bits per heavy atom. The number of likely N-dealkylation sites (N-methyl/N-ethyl adjacent to an activating group) is 1. The van der Waals surface area contributed by atoms with Crippen LogP contribution < -0.4 is 0 Å². The molecule has 1 saturated heterocycles. The Morgan fingerprint density at radius 2 is 2.23 bits per heavy atom. The fraction of sp³-hybridized carbons (Fsp3) is 0.667. The number of hydrogen-bond acceptors (Lipinski definition) is 7. The highest BCUT2D eigenvalue weighted by atomic mass is 16.5. The smallest absolute Gasteiger partial charge is 0.226 e. The molecule has 7 heteroatoms. The molecule has 0 aliphatic carbocycles. The summed E-state index contributed by atoms with van der Waals surface area (Å²) < 4.78 is 10.3. The van der Waals surface area contributed by atoms with Gasteiger partial charge in [0.25, 0.3) is 0 Å². The Morgan fingerprint density at radius 1 is 1.36 bits per heavy atom. The maximum absolute atomic E-state index is 5.16. The van der Waals surface area contributed by atoms with Gasteiger partial charge in [0.05, 0.1) is 12.2 Å². The van der Waals surface area contributed by atoms with E-state index in [0.717, 1.165) is 56.3 Å². The normalized spacial score (nSPS) is 19.4. The van der Waals surface area contributed by atoms with Gasteiger partial charge in [-0.25, -0.2) is 0 Å². The van der Waals surface area contributed by atoms with Crippen molar-refractivity contribution in [2.24, 2.45) is 0 Å². The van der Waals surface area contributed by atoms with Crippen LogP contribution >= 0.6 is 0 Å². The third-order valence-electron chi connectivity index (χ3n) is 4.14. The minimum absolute atomic E-state index is 0.511. The molecule has 1 atom stereocenters. The second-order valence-corrected chi connectivity index (χ2v) is 5.98. The number of aromatic nitrogens is 3. The van der Waals surface area contributed by atoms with Crippen molar-refractivity contribution < 1.29 is 9.05 Å². The summed E-state index contributed by atoms with van der Waals surface area (Å²) in [5, 5.41) is 8.09. The fourth-order valence-electron chi connectivity index (χ4n) is 2.89. The largest absolute Gasteiger partial charge is 0.361 e. The summed E-state index contributed by atoms with van der Waals surface area (Å²) in [6.07, 6.45) is 1.93. The van der Waals surface area contributed by atoms with Crippen LogP contribution in [-0.4, -0.2) is 51.3 Å². The van der Waals surface area contributed by atoms with Gasteiger partial charge in [-0.1, -0.05) is 17.2 Å². The Labute approximate surface area is 130 Å². The molecular formula is C15H23N5O2. The van der Waals surface area contributed by atoms with E-state index in [4.69, 9.17) is 9.05 Å². The number of likely N-dealkylation sites (tertiary alicyclic amines) is 1. The van der Waals surface area contributed by atoms with Gasteiger partial charge in [0.15, 0.2) is 5.82 Å². The van der Waals surface area contributed by atoms with Crippen molar-refractivity contribution in [2.45, 2.75) is 45.8 Å². The van der Waals surface area contributed by atoms with Crippen LogP contribution in [0.4, 0.5) is 0 Å². The molecule has 7 nitrogen and oxygen atoms in total. The SMILES string of the molecule is CCc1nc(CN(C)C2CCN(Cc3cc(C)on3)C2)no1. The highest BCUT2D eigenvalue weighted by Gasteiger charge is 2.27. The van der Waals surface area contributed by atoms with Crippen LogP contribution in [0.5, 0.6) is 0 Å². The van der Waals surface area contributed by atoms with Gasteiger partial charge in [0.2, 0.25) is 5.89 Å². The first-order chi connectivity index (χ1) is 10.6. The van der Waals surface area contributed by atoms with Gasteiger partial charge in [-0.2, -0.15) is 4.98 Å². The third kappa shape index (κ3) is 3.53. The number of nitrogens with zero attached hydrogens (tertiary/aromatic N) is 5. The molecule has 0 bridgehead atoms. The van der Waals surface area contributed by atoms with E-state index in [-0.39, 0.29) is 0 Å². The van der Waals surface area contributed by atoms with E-state index in [1.54, 1.807) is 0 Å². The van der Waals surface area contributed by atoms with Crippen LogP contribution in [0.2, 0.25) is 0 Å². The van der Waals surface area contributed by atoms with Gasteiger partial charge in [0.1, 0.15) is 5.76 Å². The van der Waals surface area contributed by atoms with E-state index in [1.165, 1.54) is 0 Å². The van der Waals surface area contributed by atoms with Crippen molar-refractivity contribution in [3.63, 3.8) is 0 Å². The molecule has 1 aliphatic heterocycles. The first-order valence-electron chi connectivity index (χ1n) is 7.80. The molecule has 2 aromatic heterocycles. The van der Waals surface area contributed by atoms with Crippen molar-refractivity contribution in [3.8, 4) is 0 Å². The maximum atomic E-state index is 5.16. The third-order valence-corrected chi connectivity index (χ3v) is 4.14. The summed E-state index contributed by atoms with van der Waals surface area (Å²) in [7, 11) is 2.12. The van der Waals surface area contributed by atoms with Crippen LogP contribution in [0.15, 0.2) is 15.1 Å². The Hall–Kier alpha value is -1.73. The van der Waals surface area contributed by atoms with Crippen LogP contribution in [0, 0.1) is 6.92 Å². The van der Waals surface area contributed by atoms with E-state index in [9.17, 15) is 0 Å². The number of rotatable bonds is 6. The molecule has 2 aromatic rings. The predicted molar refractivity (Wildman–Crippen MR) is 80.1 cm³/mol. The van der Waals surface area contributed by atoms with Gasteiger partial charge in [-0.05, 0) is 20.4 Å². The summed E-state index contributed by atoms with van der Waals surface area (Å²) in [4.78, 5) is 9.09. The highest BCUT2D eigenvalue weighted by molar-refractivity contribution is 5.04. The van der Waals surface area contributed by atoms with Crippen molar-refractivity contribution in [3.05, 3.63) is 29.2 Å². The zero-order valence-electron chi connectivity index (χ0n) is 13.4. The number of hydrogen-bond donors (Lipinski definition) is 0. The lowest BCUT2D eigenvalue weighted by Crippen LogP contribution is -2.34. The van der Waals surface area contributed by atoms with Crippen molar-refractivity contribution >= 4 is 0 Å². The van der Waals surface area contributed by atoms with Crippen LogP contribution in [0.25, 0.3) is 0 Å². The molecule has 3 heterocycles. The predicted octanol–water partition coefficient (Wildman–Crippen LogP) is 1.63. The lowest BCUT2D eigenvalue weighted by Gasteiger charge is -2.23. The number of aryl methyl sites for hydroxylation is 2. The van der Waals surface area contributed by atoms with Crippen LogP contribution in [0.3, 0.4) is 0 Å². The monoisotopic (exact) mass is 305 g/mol. The first-order valence-corrected chi connectivity index (χ1v) is 7.80. The maximum Gasteiger partial charge on any atom is 0.226 e. The quantitative estimate of drug-likeness (QED) is 0.803. The molecule has 0 spiro atoms. The molecule has 1 aliphatic rings. The fourth-order valence-corrected chi connectivity index (χ4v) is 2.89. The van der Waals surface area contributed by atoms with Gasteiger partial charge in [-0.3, -0.25) is 9.80 Å². The van der Waals surface area contributed by atoms with E-state index in [2.05, 4.69) is 32.1 Å². The molecule has 22 heavy (non-hydrogen) atoms. The first kappa shape index (κ1) is 15.2. The molecule has 3 rings (SSSR count). The highest BCUT2D eigenvalue weighted by Crippen LogP contribution is 2.18. The van der Waals surface area contributed by atoms with Gasteiger partial charge in [0, 0.05) is 38.2 Å². The minimum atomic E-state index is 0.511. The van der Waals surface area contributed by atoms with Gasteiger partial charge < -0.3 is 9.05 Å². The Balaban J connectivity index is 1.50. The lowest BCUT2D eigenvalue weighted by atomic mass is 10.2. The molecule has 0 N–H and O–H groups in total. The molecule has 0 saturated carbocycles. The average molecular weight is 305 g/mol. The molecule has 0 aromatic carbocycles. The molecule has 0 radical (unpaired) electrons. The van der Waals surface area contributed by atoms with Crippen molar-refractivity contribution in [1.29, 1.82) is 0 Å². The molecular weight excluding hydrogens is 282 g/mol. The summed E-state index contributed by atoms with van der Waals surface area (Å²) in [6, 6.07) is 2.51. The molecule has 1 fully saturated rings. The Kier molecular flexibility index (Phi) is 4.54. The molecule has 0 amide bonds. The van der Waals surface area contributed by atoms with Gasteiger partial charge in [-0.15, -0.1) is 0 Å². The Bertz CT molecular complexity index is 609. The van der Waals surface area contributed by atoms with E-state index >= 15 is 0 Å². The van der Waals surface area contributed by atoms with E-state index in [1.807, 2.05) is 19.9 Å². The second-order valence-electron chi connectivity index (χ2n) is 5.98. The van der Waals surface area contributed by atoms with Crippen LogP contribution in [0.1, 0.15) is 36.5 Å². The summed E-state index contributed by atoms with van der Waals surface area (Å²) in [5.41, 5.74) is 1.01. The summed E-state index contributed by atoms with van der Waals surface area (Å²) >= 11 is 0. The zero-order valence-corrected chi connectivity index (χ0v) is 13.4. The van der Waals surface area contributed by atoms with Crippen molar-refractivity contribution in [2.75, 3.05) is 20.1 Å².